The Kier molecular flexibility index (Phi) is 5.99. The van der Waals surface area contributed by atoms with E-state index in [1.54, 1.807) is 31.2 Å². The van der Waals surface area contributed by atoms with Gasteiger partial charge < -0.3 is 18.9 Å². The number of carboxylic acid groups (broad SMARTS) is 1. The molecule has 0 amide bonds. The van der Waals surface area contributed by atoms with Crippen molar-refractivity contribution in [3.8, 4) is 0 Å². The summed E-state index contributed by atoms with van der Waals surface area (Å²) in [6.45, 7) is 1.87. The molecule has 3 rings (SSSR count). The zero-order valence-electron chi connectivity index (χ0n) is 14.6. The maximum absolute atomic E-state index is 12.5. The Bertz CT molecular complexity index is 956. The molecule has 1 saturated heterocycles. The molecule has 0 spiro atoms. The monoisotopic (exact) mass is 431 g/mol. The molecular weight excluding hydrogens is 413 g/mol. The van der Waals surface area contributed by atoms with Crippen LogP contribution in [0, 0.1) is 5.41 Å². The number of nitrogens with zero attached hydrogens (tertiary/aromatic N) is 3. The van der Waals surface area contributed by atoms with Crippen molar-refractivity contribution in [3.05, 3.63) is 34.6 Å². The first-order valence-electron chi connectivity index (χ1n) is 7.90. The van der Waals surface area contributed by atoms with Crippen LogP contribution in [-0.2, 0) is 36.3 Å². The Hall–Kier alpha value is -1.36. The molecule has 0 aliphatic carbocycles. The number of hydrogen-bond acceptors (Lipinski definition) is 9. The topological polar surface area (TPSA) is 113 Å². The fraction of sp³-hybridized carbons (Fsp3) is 0.467. The maximum atomic E-state index is 12.5. The van der Waals surface area contributed by atoms with Gasteiger partial charge >= 0.3 is 5.97 Å². The molecule has 1 aromatic heterocycles. The second kappa shape index (κ2) is 7.94. The average Bonchev–Trinajstić information content (AvgIpc) is 2.65. The molecule has 0 saturated carbocycles. The van der Waals surface area contributed by atoms with Crippen LogP contribution in [0.4, 0.5) is 0 Å². The van der Waals surface area contributed by atoms with Crippen molar-refractivity contribution in [2.75, 3.05) is 20.3 Å². The molecule has 1 atom stereocenters. The Morgan fingerprint density at radius 3 is 2.78 bits per heavy atom. The van der Waals surface area contributed by atoms with Gasteiger partial charge in [-0.25, -0.2) is 4.79 Å². The lowest BCUT2D eigenvalue weighted by atomic mass is 9.86. The van der Waals surface area contributed by atoms with Crippen molar-refractivity contribution in [1.29, 1.82) is 0 Å². The normalized spacial score (nSPS) is 26.7. The smallest absolute Gasteiger partial charge is 0.333 e. The average molecular weight is 431 g/mol. The second-order valence-electron chi connectivity index (χ2n) is 6.27. The van der Waals surface area contributed by atoms with E-state index >= 15 is 0 Å². The van der Waals surface area contributed by atoms with Crippen molar-refractivity contribution in [3.63, 3.8) is 0 Å². The predicted molar refractivity (Wildman–Crippen MR) is 104 cm³/mol. The van der Waals surface area contributed by atoms with Crippen molar-refractivity contribution >= 4 is 45.8 Å². The van der Waals surface area contributed by atoms with Gasteiger partial charge in [0.25, 0.3) is 5.56 Å². The lowest BCUT2D eigenvalue weighted by Crippen LogP contribution is -2.48. The summed E-state index contributed by atoms with van der Waals surface area (Å²) >= 11 is 6.62. The lowest BCUT2D eigenvalue weighted by molar-refractivity contribution is -0.162. The standard InChI is InChI=1S/C15H18N3O6PS2/c1-15(12(22-2)14(20)21)7-23-25(26,24-8-15)27-9-18-13(19)10-5-3-4-6-11(10)16-17-18/h3-6,12H,7-9H2,1-2H3,(H,20,21). The van der Waals surface area contributed by atoms with E-state index in [0.717, 1.165) is 11.4 Å². The van der Waals surface area contributed by atoms with E-state index in [4.69, 9.17) is 25.6 Å². The number of benzene rings is 1. The van der Waals surface area contributed by atoms with Crippen molar-refractivity contribution < 1.29 is 23.7 Å². The first-order valence-corrected chi connectivity index (χ1v) is 12.1. The van der Waals surface area contributed by atoms with Crippen LogP contribution in [0.3, 0.4) is 0 Å². The highest BCUT2D eigenvalue weighted by atomic mass is 32.9. The molecule has 12 heteroatoms. The van der Waals surface area contributed by atoms with Crippen molar-refractivity contribution in [1.82, 2.24) is 15.0 Å². The largest absolute Gasteiger partial charge is 0.479 e. The van der Waals surface area contributed by atoms with Gasteiger partial charge in [-0.3, -0.25) is 4.79 Å². The van der Waals surface area contributed by atoms with E-state index in [0.29, 0.717) is 10.9 Å². The third-order valence-corrected chi connectivity index (χ3v) is 9.24. The number of carbonyl (C=O) groups is 1. The molecule has 2 aromatic rings. The number of methoxy groups -OCH3 is 1. The molecule has 9 nitrogen and oxygen atoms in total. The van der Waals surface area contributed by atoms with Crippen LogP contribution in [-0.4, -0.2) is 52.5 Å². The van der Waals surface area contributed by atoms with Crippen LogP contribution < -0.4 is 5.56 Å². The van der Waals surface area contributed by atoms with E-state index in [1.165, 1.54) is 11.8 Å². The third kappa shape index (κ3) is 4.23. The van der Waals surface area contributed by atoms with E-state index < -0.39 is 23.2 Å². The number of aliphatic carboxylic acids is 1. The predicted octanol–water partition coefficient (Wildman–Crippen LogP) is 1.86. The molecule has 1 fully saturated rings. The summed E-state index contributed by atoms with van der Waals surface area (Å²) in [4.78, 5) is 23.8. The van der Waals surface area contributed by atoms with E-state index in [2.05, 4.69) is 10.3 Å². The van der Waals surface area contributed by atoms with Gasteiger partial charge in [-0.05, 0) is 35.3 Å². The van der Waals surface area contributed by atoms with Gasteiger partial charge in [0.2, 0.25) is 5.69 Å². The van der Waals surface area contributed by atoms with Gasteiger partial charge in [0.05, 0.1) is 24.0 Å². The van der Waals surface area contributed by atoms with Crippen LogP contribution >= 0.6 is 17.1 Å². The summed E-state index contributed by atoms with van der Waals surface area (Å²) in [6, 6.07) is 6.94. The molecule has 1 N–H and O–H groups in total. The molecule has 2 heterocycles. The van der Waals surface area contributed by atoms with Crippen LogP contribution in [0.5, 0.6) is 0 Å². The van der Waals surface area contributed by atoms with E-state index in [-0.39, 0.29) is 24.6 Å². The Labute approximate surface area is 163 Å². The summed E-state index contributed by atoms with van der Waals surface area (Å²) in [5, 5.41) is 17.7. The summed E-state index contributed by atoms with van der Waals surface area (Å²) < 4.78 is 17.7. The Balaban J connectivity index is 1.69. The van der Waals surface area contributed by atoms with Gasteiger partial charge in [-0.15, -0.1) is 5.10 Å². The summed E-state index contributed by atoms with van der Waals surface area (Å²) in [5.74, 6) is -0.967. The molecule has 1 aliphatic rings. The highest BCUT2D eigenvalue weighted by Gasteiger charge is 2.46. The third-order valence-electron chi connectivity index (χ3n) is 4.17. The fourth-order valence-electron chi connectivity index (χ4n) is 2.67. The quantitative estimate of drug-likeness (QED) is 0.680. The molecule has 146 valence electrons. The minimum Gasteiger partial charge on any atom is -0.479 e. The summed E-state index contributed by atoms with van der Waals surface area (Å²) in [5.41, 5.74) is -3.36. The molecule has 1 aliphatic heterocycles. The zero-order valence-corrected chi connectivity index (χ0v) is 17.1. The van der Waals surface area contributed by atoms with Gasteiger partial charge in [0.15, 0.2) is 6.10 Å². The van der Waals surface area contributed by atoms with Crippen molar-refractivity contribution in [2.45, 2.75) is 18.9 Å². The molecule has 1 unspecified atom stereocenters. The van der Waals surface area contributed by atoms with Gasteiger partial charge in [0.1, 0.15) is 11.4 Å². The summed E-state index contributed by atoms with van der Waals surface area (Å²) in [6.07, 6.45) is -1.07. The molecule has 1 aromatic carbocycles. The first-order chi connectivity index (χ1) is 12.8. The van der Waals surface area contributed by atoms with Crippen LogP contribution in [0.15, 0.2) is 29.1 Å². The van der Waals surface area contributed by atoms with Crippen LogP contribution in [0.1, 0.15) is 6.92 Å². The van der Waals surface area contributed by atoms with Crippen LogP contribution in [0.2, 0.25) is 0 Å². The van der Waals surface area contributed by atoms with Crippen LogP contribution in [0.25, 0.3) is 10.9 Å². The number of rotatable bonds is 6. The van der Waals surface area contributed by atoms with Gasteiger partial charge in [0, 0.05) is 7.11 Å². The second-order valence-corrected chi connectivity index (χ2v) is 12.6. The molecule has 0 radical (unpaired) electrons. The van der Waals surface area contributed by atoms with Gasteiger partial charge in [-0.1, -0.05) is 24.3 Å². The van der Waals surface area contributed by atoms with Crippen molar-refractivity contribution in [2.24, 2.45) is 5.41 Å². The minimum absolute atomic E-state index is 0.0837. The number of fused-ring (bicyclic) bond motifs is 1. The highest BCUT2D eigenvalue weighted by Crippen LogP contribution is 2.65. The van der Waals surface area contributed by atoms with E-state index in [1.807, 2.05) is 0 Å². The highest BCUT2D eigenvalue weighted by molar-refractivity contribution is 8.67. The fourth-order valence-corrected chi connectivity index (χ4v) is 6.48. The maximum Gasteiger partial charge on any atom is 0.333 e. The minimum atomic E-state index is -2.75. The zero-order chi connectivity index (χ0) is 19.7. The number of carboxylic acids is 1. The lowest BCUT2D eigenvalue weighted by Gasteiger charge is -2.40. The molecule has 27 heavy (non-hydrogen) atoms. The number of ether oxygens (including phenoxy) is 1. The number of hydrogen-bond donors (Lipinski definition) is 1. The first kappa shape index (κ1) is 20.4. The van der Waals surface area contributed by atoms with Gasteiger partial charge in [-0.2, -0.15) is 4.68 Å². The number of aromatic nitrogens is 3. The Morgan fingerprint density at radius 1 is 1.48 bits per heavy atom. The molecular formula is C15H18N3O6PS2. The molecule has 0 bridgehead atoms. The SMILES string of the molecule is COC(C(=O)O)C1(C)COP(=S)(SCn2nnc3ccccc3c2=O)OC1. The summed E-state index contributed by atoms with van der Waals surface area (Å²) in [7, 11) is 1.33. The van der Waals surface area contributed by atoms with E-state index in [9.17, 15) is 14.7 Å². The Morgan fingerprint density at radius 2 is 2.15 bits per heavy atom.